The molecule has 0 aromatic rings. The lowest BCUT2D eigenvalue weighted by Gasteiger charge is -2.30. The summed E-state index contributed by atoms with van der Waals surface area (Å²) in [4.78, 5) is 2.15. The average molecular weight is 164 g/mol. The van der Waals surface area contributed by atoms with Crippen LogP contribution in [0.1, 0.15) is 13.8 Å². The predicted molar refractivity (Wildman–Crippen MR) is 52.4 cm³/mol. The molecule has 1 N–H and O–H groups in total. The van der Waals surface area contributed by atoms with Crippen LogP contribution >= 0.6 is 0 Å². The van der Waals surface area contributed by atoms with Crippen LogP contribution in [-0.2, 0) is 0 Å². The van der Waals surface area contributed by atoms with Crippen molar-refractivity contribution in [3.8, 4) is 0 Å². The van der Waals surface area contributed by atoms with Gasteiger partial charge in [-0.2, -0.15) is 0 Å². The third-order valence-corrected chi connectivity index (χ3v) is 1.94. The first-order valence-electron chi connectivity index (χ1n) is 4.20. The lowest BCUT2D eigenvalue weighted by atomic mass is 10.1. The minimum Gasteiger partial charge on any atom is -0.368 e. The molecule has 0 saturated heterocycles. The molecule has 0 aromatic heterocycles. The molecule has 2 nitrogen and oxygen atoms in total. The summed E-state index contributed by atoms with van der Waals surface area (Å²) >= 11 is 0. The molecule has 1 rings (SSSR count). The number of nitrogens with zero attached hydrogens (tertiary/aromatic N) is 1. The summed E-state index contributed by atoms with van der Waals surface area (Å²) in [6.07, 6.45) is 10.5. The minimum absolute atomic E-state index is 0.311. The van der Waals surface area contributed by atoms with E-state index in [9.17, 15) is 0 Å². The molecule has 0 aliphatic carbocycles. The maximum Gasteiger partial charge on any atom is 0.120 e. The molecule has 0 aromatic carbocycles. The maximum atomic E-state index is 3.30. The highest BCUT2D eigenvalue weighted by Crippen LogP contribution is 2.11. The third-order valence-electron chi connectivity index (χ3n) is 1.94. The van der Waals surface area contributed by atoms with E-state index in [0.29, 0.717) is 6.17 Å². The van der Waals surface area contributed by atoms with Crippen LogP contribution < -0.4 is 5.32 Å². The first-order chi connectivity index (χ1) is 5.75. The van der Waals surface area contributed by atoms with Crippen LogP contribution in [0.15, 0.2) is 36.2 Å². The van der Waals surface area contributed by atoms with Crippen molar-refractivity contribution in [1.29, 1.82) is 0 Å². The highest BCUT2D eigenvalue weighted by atomic mass is 15.2. The number of nitrogens with one attached hydrogen (secondary N) is 1. The Hall–Kier alpha value is -1.18. The molecule has 0 bridgehead atoms. The van der Waals surface area contributed by atoms with Gasteiger partial charge in [-0.1, -0.05) is 12.2 Å². The van der Waals surface area contributed by atoms with Gasteiger partial charge in [0.2, 0.25) is 0 Å². The highest BCUT2D eigenvalue weighted by Gasteiger charge is 2.13. The second-order valence-corrected chi connectivity index (χ2v) is 2.99. The number of allylic oxidation sites excluding steroid dienone is 3. The Morgan fingerprint density at radius 3 is 2.92 bits per heavy atom. The summed E-state index contributed by atoms with van der Waals surface area (Å²) in [5.41, 5.74) is 1.33. The molecule has 0 amide bonds. The van der Waals surface area contributed by atoms with E-state index < -0.39 is 0 Å². The Balaban J connectivity index is 2.62. The topological polar surface area (TPSA) is 15.3 Å². The van der Waals surface area contributed by atoms with E-state index in [1.54, 1.807) is 0 Å². The van der Waals surface area contributed by atoms with Crippen molar-refractivity contribution in [1.82, 2.24) is 10.2 Å². The van der Waals surface area contributed by atoms with Crippen LogP contribution in [0.3, 0.4) is 0 Å². The van der Waals surface area contributed by atoms with E-state index in [-0.39, 0.29) is 0 Å². The lowest BCUT2D eigenvalue weighted by molar-refractivity contribution is 0.336. The molecular formula is C10H16N2. The second kappa shape index (κ2) is 4.00. The van der Waals surface area contributed by atoms with Gasteiger partial charge in [-0.25, -0.2) is 0 Å². The van der Waals surface area contributed by atoms with E-state index in [2.05, 4.69) is 42.5 Å². The van der Waals surface area contributed by atoms with Gasteiger partial charge in [-0.15, -0.1) is 0 Å². The zero-order chi connectivity index (χ0) is 8.97. The summed E-state index contributed by atoms with van der Waals surface area (Å²) in [7, 11) is 2.06. The van der Waals surface area contributed by atoms with E-state index in [1.807, 2.05) is 19.2 Å². The van der Waals surface area contributed by atoms with Gasteiger partial charge in [-0.3, -0.25) is 0 Å². The lowest BCUT2D eigenvalue weighted by Crippen LogP contribution is -2.40. The first-order valence-corrected chi connectivity index (χ1v) is 4.20. The van der Waals surface area contributed by atoms with Crippen molar-refractivity contribution in [2.24, 2.45) is 0 Å². The molecule has 0 saturated carbocycles. The van der Waals surface area contributed by atoms with Gasteiger partial charge in [0.1, 0.15) is 6.17 Å². The molecule has 2 heteroatoms. The van der Waals surface area contributed by atoms with Gasteiger partial charge in [0.25, 0.3) is 0 Å². The number of likely N-dealkylation sites (N-methyl/N-ethyl adjacent to an activating group) is 1. The largest absolute Gasteiger partial charge is 0.368 e. The van der Waals surface area contributed by atoms with Crippen molar-refractivity contribution in [2.45, 2.75) is 20.0 Å². The Morgan fingerprint density at radius 1 is 1.58 bits per heavy atom. The number of rotatable bonds is 2. The van der Waals surface area contributed by atoms with E-state index in [1.165, 1.54) is 5.57 Å². The van der Waals surface area contributed by atoms with E-state index in [0.717, 1.165) is 0 Å². The predicted octanol–water partition coefficient (Wildman–Crippen LogP) is 1.84. The molecule has 12 heavy (non-hydrogen) atoms. The molecule has 66 valence electrons. The molecular weight excluding hydrogens is 148 g/mol. The third kappa shape index (κ3) is 1.91. The van der Waals surface area contributed by atoms with Crippen LogP contribution in [-0.4, -0.2) is 18.1 Å². The molecule has 1 heterocycles. The van der Waals surface area contributed by atoms with Crippen molar-refractivity contribution < 1.29 is 0 Å². The average Bonchev–Trinajstić information content (AvgIpc) is 2.04. The monoisotopic (exact) mass is 164 g/mol. The van der Waals surface area contributed by atoms with Gasteiger partial charge >= 0.3 is 0 Å². The quantitative estimate of drug-likeness (QED) is 0.670. The molecule has 0 radical (unpaired) electrons. The van der Waals surface area contributed by atoms with Gasteiger partial charge in [-0.05, 0) is 31.7 Å². The number of hydrogen-bond acceptors (Lipinski definition) is 2. The second-order valence-electron chi connectivity index (χ2n) is 2.99. The molecule has 1 unspecified atom stereocenters. The fraction of sp³-hybridized carbons (Fsp3) is 0.400. The zero-order valence-electron chi connectivity index (χ0n) is 7.91. The summed E-state index contributed by atoms with van der Waals surface area (Å²) < 4.78 is 0. The molecule has 1 atom stereocenters. The normalized spacial score (nSPS) is 23.1. The zero-order valence-corrected chi connectivity index (χ0v) is 7.91. The van der Waals surface area contributed by atoms with Gasteiger partial charge < -0.3 is 10.2 Å². The standard InChI is InChI=1S/C10H16N2/c1-4-7-11-10-9(2)6-5-8-12(10)3/h4-8,10-11H,1-3H3. The van der Waals surface area contributed by atoms with Crippen LogP contribution in [0.4, 0.5) is 0 Å². The van der Waals surface area contributed by atoms with Crippen molar-refractivity contribution in [3.05, 3.63) is 36.2 Å². The van der Waals surface area contributed by atoms with Crippen LogP contribution in [0.25, 0.3) is 0 Å². The summed E-state index contributed by atoms with van der Waals surface area (Å²) in [5, 5.41) is 3.30. The fourth-order valence-corrected chi connectivity index (χ4v) is 1.27. The van der Waals surface area contributed by atoms with Gasteiger partial charge in [0.15, 0.2) is 0 Å². The molecule has 1 aliphatic heterocycles. The molecule has 0 fully saturated rings. The summed E-state index contributed by atoms with van der Waals surface area (Å²) in [5.74, 6) is 0. The SMILES string of the molecule is CC=CNC1C(C)=CC=CN1C. The Morgan fingerprint density at radius 2 is 2.33 bits per heavy atom. The fourth-order valence-electron chi connectivity index (χ4n) is 1.27. The van der Waals surface area contributed by atoms with Crippen molar-refractivity contribution >= 4 is 0 Å². The van der Waals surface area contributed by atoms with Gasteiger partial charge in [0, 0.05) is 13.2 Å². The Kier molecular flexibility index (Phi) is 2.97. The highest BCUT2D eigenvalue weighted by molar-refractivity contribution is 5.21. The first kappa shape index (κ1) is 8.91. The van der Waals surface area contributed by atoms with Crippen molar-refractivity contribution in [2.75, 3.05) is 7.05 Å². The number of hydrogen-bond donors (Lipinski definition) is 1. The van der Waals surface area contributed by atoms with Crippen LogP contribution in [0.2, 0.25) is 0 Å². The van der Waals surface area contributed by atoms with Crippen LogP contribution in [0, 0.1) is 0 Å². The van der Waals surface area contributed by atoms with Gasteiger partial charge in [0.05, 0.1) is 0 Å². The molecule has 1 aliphatic rings. The van der Waals surface area contributed by atoms with Crippen LogP contribution in [0.5, 0.6) is 0 Å². The van der Waals surface area contributed by atoms with E-state index >= 15 is 0 Å². The minimum atomic E-state index is 0.311. The summed E-state index contributed by atoms with van der Waals surface area (Å²) in [6.45, 7) is 4.13. The van der Waals surface area contributed by atoms with Crippen molar-refractivity contribution in [3.63, 3.8) is 0 Å². The summed E-state index contributed by atoms with van der Waals surface area (Å²) in [6, 6.07) is 0. The maximum absolute atomic E-state index is 3.30. The smallest absolute Gasteiger partial charge is 0.120 e. The molecule has 0 spiro atoms. The van der Waals surface area contributed by atoms with E-state index in [4.69, 9.17) is 0 Å². The Labute approximate surface area is 74.3 Å². The Bertz CT molecular complexity index is 226.